The second-order valence-electron chi connectivity index (χ2n) is 3.79. The maximum absolute atomic E-state index is 9.13. The number of halogens is 1. The Bertz CT molecular complexity index is 465. The van der Waals surface area contributed by atoms with E-state index in [4.69, 9.17) is 5.11 Å². The minimum absolute atomic E-state index is 0.0846. The van der Waals surface area contributed by atoms with Crippen molar-refractivity contribution in [3.63, 3.8) is 0 Å². The molecule has 0 unspecified atom stereocenters. The highest BCUT2D eigenvalue weighted by atomic mass is 79.9. The SMILES string of the molecule is OCc1cc(Br)cc(Cc2ccccc2)c1. The second-order valence-corrected chi connectivity index (χ2v) is 4.70. The molecule has 2 heteroatoms. The zero-order chi connectivity index (χ0) is 11.4. The lowest BCUT2D eigenvalue weighted by atomic mass is 10.0. The van der Waals surface area contributed by atoms with Gasteiger partial charge in [-0.15, -0.1) is 0 Å². The highest BCUT2D eigenvalue weighted by molar-refractivity contribution is 9.10. The van der Waals surface area contributed by atoms with Crippen LogP contribution in [0.25, 0.3) is 0 Å². The second kappa shape index (κ2) is 5.28. The van der Waals surface area contributed by atoms with Crippen molar-refractivity contribution in [2.45, 2.75) is 13.0 Å². The van der Waals surface area contributed by atoms with Crippen LogP contribution < -0.4 is 0 Å². The van der Waals surface area contributed by atoms with E-state index in [2.05, 4.69) is 34.1 Å². The molecule has 2 aromatic carbocycles. The average molecular weight is 277 g/mol. The van der Waals surface area contributed by atoms with E-state index >= 15 is 0 Å². The topological polar surface area (TPSA) is 20.2 Å². The summed E-state index contributed by atoms with van der Waals surface area (Å²) >= 11 is 3.46. The molecule has 0 heterocycles. The summed E-state index contributed by atoms with van der Waals surface area (Å²) in [5.41, 5.74) is 3.44. The van der Waals surface area contributed by atoms with E-state index in [0.717, 1.165) is 16.5 Å². The Morgan fingerprint density at radius 3 is 2.25 bits per heavy atom. The van der Waals surface area contributed by atoms with Gasteiger partial charge in [0.25, 0.3) is 0 Å². The lowest BCUT2D eigenvalue weighted by Crippen LogP contribution is -1.91. The molecule has 0 saturated carbocycles. The van der Waals surface area contributed by atoms with Crippen molar-refractivity contribution in [3.8, 4) is 0 Å². The molecule has 0 radical (unpaired) electrons. The molecule has 0 fully saturated rings. The first kappa shape index (κ1) is 11.4. The zero-order valence-electron chi connectivity index (χ0n) is 8.86. The van der Waals surface area contributed by atoms with Crippen LogP contribution in [0.15, 0.2) is 53.0 Å². The lowest BCUT2D eigenvalue weighted by molar-refractivity contribution is 0.281. The summed E-state index contributed by atoms with van der Waals surface area (Å²) in [6, 6.07) is 16.4. The molecule has 0 atom stereocenters. The quantitative estimate of drug-likeness (QED) is 0.910. The summed E-state index contributed by atoms with van der Waals surface area (Å²) in [4.78, 5) is 0. The van der Waals surface area contributed by atoms with Crippen molar-refractivity contribution in [2.75, 3.05) is 0 Å². The zero-order valence-corrected chi connectivity index (χ0v) is 10.4. The Morgan fingerprint density at radius 1 is 0.875 bits per heavy atom. The normalized spacial score (nSPS) is 10.4. The first-order valence-corrected chi connectivity index (χ1v) is 6.00. The molecular formula is C14H13BrO. The number of rotatable bonds is 3. The third-order valence-electron chi connectivity index (χ3n) is 2.45. The molecule has 1 N–H and O–H groups in total. The van der Waals surface area contributed by atoms with Gasteiger partial charge < -0.3 is 5.11 Å². The van der Waals surface area contributed by atoms with Gasteiger partial charge in [-0.25, -0.2) is 0 Å². The van der Waals surface area contributed by atoms with Crippen molar-refractivity contribution >= 4 is 15.9 Å². The predicted molar refractivity (Wildman–Crippen MR) is 69.3 cm³/mol. The first-order chi connectivity index (χ1) is 7.78. The Labute approximate surface area is 104 Å². The minimum Gasteiger partial charge on any atom is -0.392 e. The minimum atomic E-state index is 0.0846. The monoisotopic (exact) mass is 276 g/mol. The van der Waals surface area contributed by atoms with Crippen molar-refractivity contribution in [2.24, 2.45) is 0 Å². The molecule has 0 spiro atoms. The van der Waals surface area contributed by atoms with Gasteiger partial charge in [0.1, 0.15) is 0 Å². The fourth-order valence-electron chi connectivity index (χ4n) is 1.74. The molecule has 2 rings (SSSR count). The maximum Gasteiger partial charge on any atom is 0.0682 e. The Hall–Kier alpha value is -1.12. The Kier molecular flexibility index (Phi) is 3.75. The van der Waals surface area contributed by atoms with Gasteiger partial charge in [0.05, 0.1) is 6.61 Å². The van der Waals surface area contributed by atoms with Crippen molar-refractivity contribution in [1.82, 2.24) is 0 Å². The van der Waals surface area contributed by atoms with Crippen LogP contribution in [0.5, 0.6) is 0 Å². The first-order valence-electron chi connectivity index (χ1n) is 5.21. The molecule has 0 amide bonds. The number of hydrogen-bond acceptors (Lipinski definition) is 1. The van der Waals surface area contributed by atoms with E-state index < -0.39 is 0 Å². The van der Waals surface area contributed by atoms with E-state index in [1.165, 1.54) is 11.1 Å². The standard InChI is InChI=1S/C14H13BrO/c15-14-8-12(7-13(9-14)10-16)6-11-4-2-1-3-5-11/h1-5,7-9,16H,6,10H2. The molecular weight excluding hydrogens is 264 g/mol. The third kappa shape index (κ3) is 2.94. The number of hydrogen-bond donors (Lipinski definition) is 1. The highest BCUT2D eigenvalue weighted by Crippen LogP contribution is 2.18. The summed E-state index contributed by atoms with van der Waals surface area (Å²) in [6.07, 6.45) is 0.896. The predicted octanol–water partition coefficient (Wildman–Crippen LogP) is 3.53. The van der Waals surface area contributed by atoms with Gasteiger partial charge in [-0.2, -0.15) is 0 Å². The van der Waals surface area contributed by atoms with E-state index in [1.54, 1.807) is 0 Å². The summed E-state index contributed by atoms with van der Waals surface area (Å²) in [7, 11) is 0. The van der Waals surface area contributed by atoms with Crippen molar-refractivity contribution < 1.29 is 5.11 Å². The molecule has 1 nitrogen and oxygen atoms in total. The number of benzene rings is 2. The van der Waals surface area contributed by atoms with Crippen molar-refractivity contribution in [3.05, 3.63) is 69.7 Å². The van der Waals surface area contributed by atoms with E-state index in [-0.39, 0.29) is 6.61 Å². The van der Waals surface area contributed by atoms with E-state index in [1.807, 2.05) is 30.3 Å². The molecule has 16 heavy (non-hydrogen) atoms. The van der Waals surface area contributed by atoms with Crippen molar-refractivity contribution in [1.29, 1.82) is 0 Å². The van der Waals surface area contributed by atoms with E-state index in [9.17, 15) is 0 Å². The Morgan fingerprint density at radius 2 is 1.56 bits per heavy atom. The fourth-order valence-corrected chi connectivity index (χ4v) is 2.33. The van der Waals surface area contributed by atoms with Gasteiger partial charge in [-0.1, -0.05) is 52.3 Å². The summed E-state index contributed by atoms with van der Waals surface area (Å²) < 4.78 is 1.02. The van der Waals surface area contributed by atoms with Crippen LogP contribution in [0.4, 0.5) is 0 Å². The molecule has 0 aliphatic heterocycles. The smallest absolute Gasteiger partial charge is 0.0682 e. The molecule has 0 aliphatic carbocycles. The van der Waals surface area contributed by atoms with Gasteiger partial charge in [-0.05, 0) is 35.2 Å². The third-order valence-corrected chi connectivity index (χ3v) is 2.91. The van der Waals surface area contributed by atoms with Gasteiger partial charge >= 0.3 is 0 Å². The summed E-state index contributed by atoms with van der Waals surface area (Å²) in [6.45, 7) is 0.0846. The van der Waals surface area contributed by atoms with Crippen LogP contribution in [0, 0.1) is 0 Å². The van der Waals surface area contributed by atoms with Gasteiger partial charge in [0, 0.05) is 4.47 Å². The van der Waals surface area contributed by atoms with Gasteiger partial charge in [0.15, 0.2) is 0 Å². The highest BCUT2D eigenvalue weighted by Gasteiger charge is 2.00. The lowest BCUT2D eigenvalue weighted by Gasteiger charge is -2.05. The largest absolute Gasteiger partial charge is 0.392 e. The van der Waals surface area contributed by atoms with Crippen LogP contribution in [0.3, 0.4) is 0 Å². The van der Waals surface area contributed by atoms with Crippen LogP contribution in [0.2, 0.25) is 0 Å². The average Bonchev–Trinajstić information content (AvgIpc) is 2.29. The number of aliphatic hydroxyl groups is 1. The van der Waals surface area contributed by atoms with E-state index in [0.29, 0.717) is 0 Å². The summed E-state index contributed by atoms with van der Waals surface area (Å²) in [5, 5.41) is 9.13. The molecule has 2 aromatic rings. The molecule has 82 valence electrons. The molecule has 0 aromatic heterocycles. The van der Waals surface area contributed by atoms with Crippen LogP contribution in [0.1, 0.15) is 16.7 Å². The van der Waals surface area contributed by atoms with Crippen LogP contribution >= 0.6 is 15.9 Å². The number of aliphatic hydroxyl groups excluding tert-OH is 1. The molecule has 0 saturated heterocycles. The van der Waals surface area contributed by atoms with Gasteiger partial charge in [-0.3, -0.25) is 0 Å². The fraction of sp³-hybridized carbons (Fsp3) is 0.143. The van der Waals surface area contributed by atoms with Gasteiger partial charge in [0.2, 0.25) is 0 Å². The summed E-state index contributed by atoms with van der Waals surface area (Å²) in [5.74, 6) is 0. The van der Waals surface area contributed by atoms with Crippen LogP contribution in [-0.4, -0.2) is 5.11 Å². The maximum atomic E-state index is 9.13. The molecule has 0 bridgehead atoms. The van der Waals surface area contributed by atoms with Crippen LogP contribution in [-0.2, 0) is 13.0 Å². The molecule has 0 aliphatic rings. The Balaban J connectivity index is 2.24.